The van der Waals surface area contributed by atoms with Crippen LogP contribution in [0.3, 0.4) is 0 Å². The topological polar surface area (TPSA) is 92.2 Å². The molecule has 50 heavy (non-hydrogen) atoms. The molecule has 4 aliphatic rings. The third kappa shape index (κ3) is 4.55. The second-order valence-corrected chi connectivity index (χ2v) is 12.6. The number of carboxylic acid groups (broad SMARTS) is 1. The van der Waals surface area contributed by atoms with Gasteiger partial charge in [-0.2, -0.15) is 0 Å². The maximum atomic E-state index is 13.7. The lowest BCUT2D eigenvalue weighted by molar-refractivity contribution is 0.0224. The Bertz CT molecular complexity index is 2400. The smallest absolute Gasteiger partial charge is 0.340 e. The summed E-state index contributed by atoms with van der Waals surface area (Å²) in [5.41, 5.74) is 4.97. The minimum absolute atomic E-state index is 0.171. The second-order valence-electron chi connectivity index (χ2n) is 12.6. The summed E-state index contributed by atoms with van der Waals surface area (Å²) in [5.74, 6) is 0.246. The number of aromatic carboxylic acids is 1. The molecule has 1 atom stereocenters. The first kappa shape index (κ1) is 31.4. The van der Waals surface area contributed by atoms with E-state index in [0.29, 0.717) is 56.0 Å². The van der Waals surface area contributed by atoms with Gasteiger partial charge in [-0.15, -0.1) is 0 Å². The van der Waals surface area contributed by atoms with Gasteiger partial charge in [-0.05, 0) is 69.7 Å². The zero-order chi connectivity index (χ0) is 34.7. The lowest BCUT2D eigenvalue weighted by Gasteiger charge is -2.37. The van der Waals surface area contributed by atoms with Crippen LogP contribution >= 0.6 is 0 Å². The Morgan fingerprint density at radius 1 is 0.760 bits per heavy atom. The van der Waals surface area contributed by atoms with Crippen molar-refractivity contribution in [2.45, 2.75) is 33.3 Å². The molecule has 0 bridgehead atoms. The van der Waals surface area contributed by atoms with Crippen molar-refractivity contribution in [3.63, 3.8) is 0 Å². The summed E-state index contributed by atoms with van der Waals surface area (Å²) in [7, 11) is 0. The number of ether oxygens (including phenoxy) is 2. The summed E-state index contributed by atoms with van der Waals surface area (Å²) < 4.78 is 22.2. The van der Waals surface area contributed by atoms with Gasteiger partial charge < -0.3 is 23.9 Å². The van der Waals surface area contributed by atoms with E-state index in [0.717, 1.165) is 48.4 Å². The molecule has 4 aromatic carbocycles. The summed E-state index contributed by atoms with van der Waals surface area (Å²) in [6.07, 6.45) is 0. The molecular formula is C42H37N2O6+. The van der Waals surface area contributed by atoms with Gasteiger partial charge in [0.25, 0.3) is 0 Å². The average Bonchev–Trinajstić information content (AvgIpc) is 3.43. The zero-order valence-corrected chi connectivity index (χ0v) is 28.4. The number of rotatable bonds is 7. The molecule has 0 radical (unpaired) electrons. The van der Waals surface area contributed by atoms with Gasteiger partial charge >= 0.3 is 11.9 Å². The van der Waals surface area contributed by atoms with Gasteiger partial charge in [0.05, 0.1) is 17.2 Å². The highest BCUT2D eigenvalue weighted by molar-refractivity contribution is 6.08. The van der Waals surface area contributed by atoms with Crippen LogP contribution in [0, 0.1) is 0 Å². The second kappa shape index (κ2) is 11.9. The van der Waals surface area contributed by atoms with Crippen molar-refractivity contribution in [1.29, 1.82) is 0 Å². The highest BCUT2D eigenvalue weighted by atomic mass is 16.6. The van der Waals surface area contributed by atoms with Crippen molar-refractivity contribution in [3.05, 3.63) is 130 Å². The Labute approximate surface area is 289 Å². The predicted octanol–water partition coefficient (Wildman–Crippen LogP) is 8.13. The van der Waals surface area contributed by atoms with E-state index in [1.165, 1.54) is 0 Å². The van der Waals surface area contributed by atoms with Crippen molar-refractivity contribution in [2.75, 3.05) is 31.1 Å². The summed E-state index contributed by atoms with van der Waals surface area (Å²) in [6.45, 7) is 11.7. The Morgan fingerprint density at radius 2 is 1.48 bits per heavy atom. The summed E-state index contributed by atoms with van der Waals surface area (Å²) in [5, 5.41) is 12.0. The quantitative estimate of drug-likeness (QED) is 0.105. The molecule has 3 aliphatic heterocycles. The van der Waals surface area contributed by atoms with Crippen LogP contribution in [0.2, 0.25) is 0 Å². The fourth-order valence-electron chi connectivity index (χ4n) is 7.78. The van der Waals surface area contributed by atoms with Crippen molar-refractivity contribution in [2.24, 2.45) is 0 Å². The number of nitrogens with zero attached hydrogens (tertiary/aromatic N) is 2. The number of benzene rings is 5. The minimum Gasteiger partial charge on any atom is -0.478 e. The van der Waals surface area contributed by atoms with Crippen LogP contribution in [0.5, 0.6) is 11.5 Å². The van der Waals surface area contributed by atoms with Crippen molar-refractivity contribution >= 4 is 28.6 Å². The predicted molar refractivity (Wildman–Crippen MR) is 193 cm³/mol. The molecule has 250 valence electrons. The molecule has 1 spiro atoms. The number of anilines is 1. The van der Waals surface area contributed by atoms with Gasteiger partial charge in [0.1, 0.15) is 35.9 Å². The Kier molecular flexibility index (Phi) is 7.48. The highest BCUT2D eigenvalue weighted by Crippen LogP contribution is 2.58. The molecule has 0 fully saturated rings. The molecule has 3 heterocycles. The molecule has 8 nitrogen and oxygen atoms in total. The largest absolute Gasteiger partial charge is 0.478 e. The molecule has 1 aliphatic carbocycles. The van der Waals surface area contributed by atoms with Gasteiger partial charge in [0.15, 0.2) is 5.60 Å². The number of hydrogen-bond acceptors (Lipinski definition) is 6. The fourth-order valence-corrected chi connectivity index (χ4v) is 7.78. The number of carboxylic acids is 1. The summed E-state index contributed by atoms with van der Waals surface area (Å²) in [6, 6.07) is 30.4. The molecule has 0 unspecified atom stereocenters. The molecule has 8 heteroatoms. The van der Waals surface area contributed by atoms with Crippen molar-refractivity contribution < 1.29 is 28.6 Å². The highest BCUT2D eigenvalue weighted by Gasteiger charge is 2.54. The van der Waals surface area contributed by atoms with E-state index in [-0.39, 0.29) is 5.56 Å². The molecule has 0 aromatic heterocycles. The maximum absolute atomic E-state index is 13.7. The third-order valence-electron chi connectivity index (χ3n) is 10.2. The first-order valence-corrected chi connectivity index (χ1v) is 17.2. The standard InChI is InChI=1S/C42H36N2O6/c1-5-43(6-2)25-17-19-30-35(21-25)48-36-24-38-34(23-31(36)39(30)27-13-9-10-14-28(27)40(45)46)42(32-16-12-11-15-29(32)41(47)50-42)33-20-18-26(22-37(33)49-38)44(7-3)8-4/h9-24H,5-8H2,1-4H3/p+1/t42-/m0/s1. The van der Waals surface area contributed by atoms with Gasteiger partial charge in [-0.1, -0.05) is 36.4 Å². The van der Waals surface area contributed by atoms with Crippen molar-refractivity contribution in [1.82, 2.24) is 4.58 Å². The average molecular weight is 666 g/mol. The van der Waals surface area contributed by atoms with E-state index in [2.05, 4.69) is 37.2 Å². The molecule has 1 N–H and O–H groups in total. The summed E-state index contributed by atoms with van der Waals surface area (Å²) in [4.78, 5) is 28.5. The van der Waals surface area contributed by atoms with E-state index in [1.807, 2.05) is 78.9 Å². The van der Waals surface area contributed by atoms with Crippen LogP contribution < -0.4 is 19.6 Å². The van der Waals surface area contributed by atoms with Crippen LogP contribution in [-0.2, 0) is 10.3 Å². The van der Waals surface area contributed by atoms with Gasteiger partial charge in [0.2, 0.25) is 5.36 Å². The van der Waals surface area contributed by atoms with Crippen LogP contribution in [0.4, 0.5) is 5.69 Å². The van der Waals surface area contributed by atoms with Crippen LogP contribution in [-0.4, -0.2) is 43.2 Å². The van der Waals surface area contributed by atoms with Crippen LogP contribution in [0.15, 0.2) is 101 Å². The van der Waals surface area contributed by atoms with E-state index in [9.17, 15) is 14.7 Å². The fraction of sp³-hybridized carbons (Fsp3) is 0.214. The van der Waals surface area contributed by atoms with Gasteiger partial charge in [0, 0.05) is 70.2 Å². The molecule has 0 saturated carbocycles. The van der Waals surface area contributed by atoms with E-state index in [1.54, 1.807) is 18.2 Å². The number of carbonyl (C=O) groups is 2. The SMILES string of the molecule is CCN(CC)c1ccc2c(c1)Oc1cc3oc4cc(=[N+](CC)CC)ccc-4c(-c4ccccc4C(=O)O)c3cc1[C@@]21OC(=O)c2ccccc21. The number of hydrogen-bond donors (Lipinski definition) is 1. The Hall–Kier alpha value is -5.89. The maximum Gasteiger partial charge on any atom is 0.340 e. The minimum atomic E-state index is -1.31. The van der Waals surface area contributed by atoms with E-state index < -0.39 is 17.5 Å². The molecule has 8 rings (SSSR count). The monoisotopic (exact) mass is 665 g/mol. The van der Waals surface area contributed by atoms with Crippen LogP contribution in [0.1, 0.15) is 65.1 Å². The Balaban J connectivity index is 1.50. The first-order chi connectivity index (χ1) is 24.3. The lowest BCUT2D eigenvalue weighted by Crippen LogP contribution is -2.33. The molecule has 0 amide bonds. The number of esters is 1. The van der Waals surface area contributed by atoms with E-state index in [4.69, 9.17) is 13.9 Å². The number of fused-ring (bicyclic) bond motifs is 8. The lowest BCUT2D eigenvalue weighted by atomic mass is 9.76. The third-order valence-corrected chi connectivity index (χ3v) is 10.2. The van der Waals surface area contributed by atoms with Crippen molar-refractivity contribution in [3.8, 4) is 33.9 Å². The summed E-state index contributed by atoms with van der Waals surface area (Å²) >= 11 is 0. The van der Waals surface area contributed by atoms with Gasteiger partial charge in [-0.3, -0.25) is 0 Å². The number of carbonyl (C=O) groups excluding carboxylic acids is 1. The molecular weight excluding hydrogens is 628 g/mol. The zero-order valence-electron chi connectivity index (χ0n) is 28.4. The van der Waals surface area contributed by atoms with Crippen LogP contribution in [0.25, 0.3) is 33.4 Å². The van der Waals surface area contributed by atoms with Gasteiger partial charge in [-0.25, -0.2) is 14.2 Å². The molecule has 4 aromatic rings. The first-order valence-electron chi connectivity index (χ1n) is 17.2. The normalized spacial score (nSPS) is 15.7. The van der Waals surface area contributed by atoms with E-state index >= 15 is 0 Å². The molecule has 0 saturated heterocycles. The Morgan fingerprint density at radius 3 is 2.22 bits per heavy atom.